The van der Waals surface area contributed by atoms with Crippen LogP contribution in [0.15, 0.2) is 285 Å². The topological polar surface area (TPSA) is 304 Å². The Morgan fingerprint density at radius 1 is 0.228 bits per heavy atom. The van der Waals surface area contributed by atoms with E-state index < -0.39 is 109 Å². The molecular weight excluding hydrogens is 2100 g/mol. The van der Waals surface area contributed by atoms with E-state index in [-0.39, 0.29) is 74.6 Å². The van der Waals surface area contributed by atoms with E-state index in [9.17, 15) is 71.7 Å². The van der Waals surface area contributed by atoms with Gasteiger partial charge in [0.05, 0.1) is 81.3 Å². The molecule has 0 bridgehead atoms. The predicted molar refractivity (Wildman–Crippen MR) is 531 cm³/mol. The molecule has 0 aliphatic carbocycles. The molecule has 0 aliphatic heterocycles. The quantitative estimate of drug-likeness (QED) is 0.0259. The first-order valence-electron chi connectivity index (χ1n) is 42.1. The second kappa shape index (κ2) is 51.2. The second-order valence-corrected chi connectivity index (χ2v) is 44.1. The molecule has 36 heteroatoms. The Morgan fingerprint density at radius 3 is 0.449 bits per heavy atom. The fourth-order valence-corrected chi connectivity index (χ4v) is 21.7. The van der Waals surface area contributed by atoms with Gasteiger partial charge in [0, 0.05) is 92.5 Å². The van der Waals surface area contributed by atoms with E-state index in [1.54, 1.807) is 275 Å². The van der Waals surface area contributed by atoms with E-state index in [1.165, 1.54) is 93.4 Å². The molecule has 0 fully saturated rings. The van der Waals surface area contributed by atoms with E-state index in [0.717, 1.165) is 44.5 Å². The zero-order valence-corrected chi connectivity index (χ0v) is 86.1. The van der Waals surface area contributed by atoms with Crippen LogP contribution in [0.3, 0.4) is 0 Å². The fraction of sp³-hybridized carbons (Fsp3) is 0.280. The highest BCUT2D eigenvalue weighted by Gasteiger charge is 2.41. The van der Waals surface area contributed by atoms with Crippen LogP contribution in [0.2, 0.25) is 0 Å². The van der Waals surface area contributed by atoms with Crippen molar-refractivity contribution in [1.82, 2.24) is 17.2 Å². The highest BCUT2D eigenvalue weighted by atomic mass is 79.9. The SMILES string of the molecule is COc1ccc(CN(Cc2ccc(OC)cc2)S(=O)(=O)[C@@H](C)[C@@H](O)c2ccc(Br)cc2F)cc1.COc1ccc(CN(Cc2ccc(OC)cc2)S(=O)(=O)[C@@H](C)[C@H](O)c2ccc(Br)cc2F)cc1.COc1ccc(CN(Cc2ccc(OC)cc2)S(=O)(=O)[C@H](C)[C@@H](O)c2ccc(Br)cc2F)cc1.COc1ccc(CN(Cc2ccc(OC)cc2)S(=O)(=O)[C@H](C)[C@H](O)c2ccc(Br)cc2F)cc1. The summed E-state index contributed by atoms with van der Waals surface area (Å²) in [6, 6.07) is 73.1. The van der Waals surface area contributed by atoms with E-state index in [4.69, 9.17) is 37.9 Å². The molecule has 8 atom stereocenters. The number of hydrogen-bond acceptors (Lipinski definition) is 20. The van der Waals surface area contributed by atoms with Gasteiger partial charge in [-0.05, 0) is 218 Å². The van der Waals surface area contributed by atoms with Gasteiger partial charge < -0.3 is 58.3 Å². The number of aliphatic hydroxyl groups is 4. The molecule has 4 N–H and O–H groups in total. The van der Waals surface area contributed by atoms with Gasteiger partial charge in [-0.15, -0.1) is 0 Å². The maximum atomic E-state index is 14.5. The van der Waals surface area contributed by atoms with Crippen LogP contribution in [0.5, 0.6) is 46.0 Å². The Labute approximate surface area is 827 Å². The number of halogens is 8. The summed E-state index contributed by atoms with van der Waals surface area (Å²) in [5.41, 5.74) is 5.66. The van der Waals surface area contributed by atoms with Crippen molar-refractivity contribution in [1.29, 1.82) is 0 Å². The largest absolute Gasteiger partial charge is 0.497 e. The van der Waals surface area contributed by atoms with Crippen molar-refractivity contribution in [2.24, 2.45) is 0 Å². The lowest BCUT2D eigenvalue weighted by atomic mass is 10.1. The van der Waals surface area contributed by atoms with E-state index >= 15 is 0 Å². The Bertz CT molecular complexity index is 5380. The van der Waals surface area contributed by atoms with Gasteiger partial charge in [-0.3, -0.25) is 0 Å². The second-order valence-electron chi connectivity index (χ2n) is 31.3. The van der Waals surface area contributed by atoms with Crippen LogP contribution in [0.25, 0.3) is 0 Å². The number of hydrogen-bond donors (Lipinski definition) is 4. The molecule has 12 rings (SSSR count). The van der Waals surface area contributed by atoms with Crippen molar-refractivity contribution < 1.29 is 110 Å². The summed E-state index contributed by atoms with van der Waals surface area (Å²) in [6.45, 7) is 6.08. The minimum Gasteiger partial charge on any atom is -0.497 e. The number of methoxy groups -OCH3 is 8. The van der Waals surface area contributed by atoms with Crippen LogP contribution in [0.1, 0.15) is 119 Å². The summed E-state index contributed by atoms with van der Waals surface area (Å²) < 4.78 is 216. The third-order valence-corrected chi connectivity index (χ3v) is 33.0. The van der Waals surface area contributed by atoms with Crippen LogP contribution in [-0.4, -0.2) is 149 Å². The molecule has 12 aromatic carbocycles. The minimum atomic E-state index is -4.06. The third kappa shape index (κ3) is 30.1. The van der Waals surface area contributed by atoms with Gasteiger partial charge in [-0.1, -0.05) is 185 Å². The summed E-state index contributed by atoms with van der Waals surface area (Å²) in [4.78, 5) is 0. The maximum Gasteiger partial charge on any atom is 0.220 e. The molecule has 0 radical (unpaired) electrons. The average molecular weight is 2210 g/mol. The molecule has 0 amide bonds. The van der Waals surface area contributed by atoms with Crippen LogP contribution >= 0.6 is 63.7 Å². The lowest BCUT2D eigenvalue weighted by Gasteiger charge is -2.29. The van der Waals surface area contributed by atoms with Gasteiger partial charge in [-0.25, -0.2) is 51.2 Å². The number of aliphatic hydroxyl groups excluding tert-OH is 4. The van der Waals surface area contributed by atoms with Crippen LogP contribution in [-0.2, 0) is 92.5 Å². The molecule has 0 aromatic heterocycles. The van der Waals surface area contributed by atoms with E-state index in [0.29, 0.717) is 63.9 Å². The monoisotopic (exact) mass is 2200 g/mol. The molecule has 0 saturated heterocycles. The van der Waals surface area contributed by atoms with Gasteiger partial charge in [0.2, 0.25) is 40.1 Å². The number of sulfonamides is 4. The molecular formula is C100H108Br4F4N4O20S4. The van der Waals surface area contributed by atoms with Gasteiger partial charge in [0.15, 0.2) is 0 Å². The molecule has 12 aromatic rings. The zero-order chi connectivity index (χ0) is 99.5. The van der Waals surface area contributed by atoms with Crippen LogP contribution in [0.4, 0.5) is 17.6 Å². The van der Waals surface area contributed by atoms with Gasteiger partial charge in [0.1, 0.15) is 90.3 Å². The highest BCUT2D eigenvalue weighted by molar-refractivity contribution is 9.11. The van der Waals surface area contributed by atoms with Crippen LogP contribution < -0.4 is 37.9 Å². The van der Waals surface area contributed by atoms with E-state index in [1.807, 2.05) is 0 Å². The number of benzene rings is 12. The lowest BCUT2D eigenvalue weighted by molar-refractivity contribution is 0.167. The summed E-state index contributed by atoms with van der Waals surface area (Å²) in [5.74, 6) is 2.52. The van der Waals surface area contributed by atoms with Gasteiger partial charge >= 0.3 is 0 Å². The standard InChI is InChI=1S/4C25H27BrFNO5S/c4*1-17(25(29)23-13-8-20(26)14-24(23)27)34(30,31)28(15-18-4-9-21(32-2)10-5-18)16-19-6-11-22(33-3)12-7-19/h4*4-14,17,25,29H,15-16H2,1-3H3/t2*17-,25+;2*17-,25-/m1010/s1. The Balaban J connectivity index is 0.000000203. The zero-order valence-electron chi connectivity index (χ0n) is 76.4. The van der Waals surface area contributed by atoms with Crippen molar-refractivity contribution in [2.75, 3.05) is 56.9 Å². The first kappa shape index (κ1) is 110. The normalized spacial score (nSPS) is 13.5. The van der Waals surface area contributed by atoms with Crippen molar-refractivity contribution in [3.63, 3.8) is 0 Å². The molecule has 0 spiro atoms. The smallest absolute Gasteiger partial charge is 0.220 e. The maximum absolute atomic E-state index is 14.5. The first-order valence-corrected chi connectivity index (χ1v) is 51.3. The molecule has 24 nitrogen and oxygen atoms in total. The van der Waals surface area contributed by atoms with E-state index in [2.05, 4.69) is 63.7 Å². The highest BCUT2D eigenvalue weighted by Crippen LogP contribution is 2.37. The van der Waals surface area contributed by atoms with Gasteiger partial charge in [0.25, 0.3) is 0 Å². The van der Waals surface area contributed by atoms with Crippen molar-refractivity contribution in [3.8, 4) is 46.0 Å². The average Bonchev–Trinajstić information content (AvgIpc) is 0.800. The Morgan fingerprint density at radius 2 is 0.346 bits per heavy atom. The molecule has 0 aliphatic rings. The first-order chi connectivity index (χ1) is 64.6. The number of nitrogens with zero attached hydrogens (tertiary/aromatic N) is 4. The van der Waals surface area contributed by atoms with Crippen LogP contribution in [0, 0.1) is 23.3 Å². The van der Waals surface area contributed by atoms with Crippen molar-refractivity contribution in [3.05, 3.63) is 375 Å². The Hall–Kier alpha value is -9.84. The predicted octanol–water partition coefficient (Wildman–Crippen LogP) is 20.2. The summed E-state index contributed by atoms with van der Waals surface area (Å²) >= 11 is 12.7. The molecule has 136 heavy (non-hydrogen) atoms. The van der Waals surface area contributed by atoms with Crippen molar-refractivity contribution >= 4 is 104 Å². The molecule has 0 heterocycles. The fourth-order valence-electron chi connectivity index (χ4n) is 14.0. The number of rotatable bonds is 40. The number of ether oxygens (including phenoxy) is 8. The third-order valence-electron chi connectivity index (χ3n) is 22.4. The Kier molecular flexibility index (Phi) is 41.3. The minimum absolute atomic E-state index is 0.0677. The van der Waals surface area contributed by atoms with Crippen molar-refractivity contribution in [2.45, 2.75) is 125 Å². The summed E-state index contributed by atoms with van der Waals surface area (Å²) in [6.07, 6.45) is -6.20. The molecule has 0 unspecified atom stereocenters. The summed E-state index contributed by atoms with van der Waals surface area (Å²) in [5, 5.41) is 38.1. The lowest BCUT2D eigenvalue weighted by Crippen LogP contribution is -2.39. The van der Waals surface area contributed by atoms with Gasteiger partial charge in [-0.2, -0.15) is 17.2 Å². The summed E-state index contributed by atoms with van der Waals surface area (Å²) in [7, 11) is -3.80. The molecule has 0 saturated carbocycles. The molecule has 728 valence electrons.